The quantitative estimate of drug-likeness (QED) is 0.171. The van der Waals surface area contributed by atoms with Crippen molar-refractivity contribution in [2.45, 2.75) is 5.41 Å². The van der Waals surface area contributed by atoms with E-state index < -0.39 is 5.41 Å². The lowest BCUT2D eigenvalue weighted by Crippen LogP contribution is -2.25. The van der Waals surface area contributed by atoms with Gasteiger partial charge in [0.1, 0.15) is 0 Å². The molecule has 2 aliphatic carbocycles. The molecule has 0 aliphatic heterocycles. The fourth-order valence-corrected chi connectivity index (χ4v) is 9.08. The second-order valence-corrected chi connectivity index (χ2v) is 14.4. The fourth-order valence-electron chi connectivity index (χ4n) is 9.08. The number of hydrogen-bond donors (Lipinski definition) is 0. The van der Waals surface area contributed by atoms with Crippen molar-refractivity contribution in [2.75, 3.05) is 0 Å². The highest BCUT2D eigenvalue weighted by Crippen LogP contribution is 2.64. The van der Waals surface area contributed by atoms with Crippen molar-refractivity contribution >= 4 is 16.5 Å². The van der Waals surface area contributed by atoms with Crippen molar-refractivity contribution in [3.8, 4) is 67.3 Å². The summed E-state index contributed by atoms with van der Waals surface area (Å²) < 4.78 is 0. The Balaban J connectivity index is 1.05. The molecule has 11 rings (SSSR count). The van der Waals surface area contributed by atoms with Crippen LogP contribution in [0.5, 0.6) is 0 Å². The maximum Gasteiger partial charge on any atom is 0.195 e. The van der Waals surface area contributed by atoms with Crippen LogP contribution in [0.4, 0.5) is 5.69 Å². The predicted molar refractivity (Wildman–Crippen MR) is 224 cm³/mol. The van der Waals surface area contributed by atoms with E-state index in [0.717, 1.165) is 55.7 Å². The van der Waals surface area contributed by atoms with Crippen molar-refractivity contribution < 1.29 is 0 Å². The molecule has 9 aromatic rings. The van der Waals surface area contributed by atoms with Crippen LogP contribution in [0, 0.1) is 6.57 Å². The van der Waals surface area contributed by atoms with E-state index >= 15 is 0 Å². The minimum atomic E-state index is -0.511. The van der Waals surface area contributed by atoms with E-state index in [-0.39, 0.29) is 0 Å². The Kier molecular flexibility index (Phi) is 6.83. The van der Waals surface area contributed by atoms with Crippen LogP contribution < -0.4 is 0 Å². The third-order valence-electron chi connectivity index (χ3n) is 11.5. The number of hydrogen-bond acceptors (Lipinski definition) is 2. The van der Waals surface area contributed by atoms with E-state index in [1.54, 1.807) is 0 Å². The first kappa shape index (κ1) is 31.1. The first-order valence-corrected chi connectivity index (χ1v) is 18.6. The zero-order valence-electron chi connectivity index (χ0n) is 29.7. The van der Waals surface area contributed by atoms with Gasteiger partial charge in [-0.1, -0.05) is 170 Å². The maximum atomic E-state index is 8.14. The highest BCUT2D eigenvalue weighted by Gasteiger charge is 2.52. The lowest BCUT2D eigenvalue weighted by atomic mass is 9.70. The number of fused-ring (bicyclic) bond motifs is 11. The monoisotopic (exact) mass is 697 g/mol. The second-order valence-electron chi connectivity index (χ2n) is 14.4. The minimum Gasteiger partial charge on any atom is -0.238 e. The van der Waals surface area contributed by atoms with Crippen LogP contribution in [0.3, 0.4) is 0 Å². The van der Waals surface area contributed by atoms with Crippen LogP contribution in [-0.2, 0) is 5.41 Å². The topological polar surface area (TPSA) is 30.1 Å². The van der Waals surface area contributed by atoms with Crippen LogP contribution in [0.25, 0.3) is 82.9 Å². The van der Waals surface area contributed by atoms with Crippen molar-refractivity contribution in [3.05, 3.63) is 222 Å². The predicted octanol–water partition coefficient (Wildman–Crippen LogP) is 13.2. The van der Waals surface area contributed by atoms with Crippen LogP contribution in [0.2, 0.25) is 0 Å². The third kappa shape index (κ3) is 4.62. The smallest absolute Gasteiger partial charge is 0.195 e. The zero-order chi connectivity index (χ0) is 36.5. The summed E-state index contributed by atoms with van der Waals surface area (Å²) in [5, 5.41) is 2.35. The molecule has 1 heterocycles. The minimum absolute atomic E-state index is 0.511. The molecule has 0 bridgehead atoms. The van der Waals surface area contributed by atoms with E-state index in [9.17, 15) is 0 Å². The van der Waals surface area contributed by atoms with Gasteiger partial charge in [0.25, 0.3) is 0 Å². The lowest BCUT2D eigenvalue weighted by Gasteiger charge is -2.31. The standard InChI is InChI=1S/C52H31N3/c1-53-47-21-11-20-45-50(47)42-29-28-38(31-46(42)52(45)43-18-9-7-16-40(43)41-17-8-10-19-44(41)52)34-22-25-36(26-23-34)49-32-48(35-13-3-2-4-14-35)54-51(55-49)39-27-24-33-12-5-6-15-37(33)30-39/h2-32H. The molecule has 55 heavy (non-hydrogen) atoms. The molecule has 1 aromatic heterocycles. The summed E-state index contributed by atoms with van der Waals surface area (Å²) in [6, 6.07) is 66.6. The van der Waals surface area contributed by atoms with Gasteiger partial charge in [-0.05, 0) is 84.6 Å². The average Bonchev–Trinajstić information content (AvgIpc) is 3.73. The van der Waals surface area contributed by atoms with Gasteiger partial charge in [-0.3, -0.25) is 0 Å². The normalized spacial score (nSPS) is 12.9. The summed E-state index contributed by atoms with van der Waals surface area (Å²) in [5.74, 6) is 0.700. The molecule has 0 fully saturated rings. The molecule has 0 saturated carbocycles. The van der Waals surface area contributed by atoms with E-state index in [2.05, 4.69) is 163 Å². The fraction of sp³-hybridized carbons (Fsp3) is 0.0192. The molecule has 3 nitrogen and oxygen atoms in total. The SMILES string of the molecule is [C-]#[N+]c1cccc2c1-c1ccc(-c3ccc(-c4cc(-c5ccccc5)nc(-c5ccc6ccccc6c5)n4)cc3)cc1C21c2ccccc2-c2ccccc21. The summed E-state index contributed by atoms with van der Waals surface area (Å²) >= 11 is 0. The number of rotatable bonds is 4. The van der Waals surface area contributed by atoms with Gasteiger partial charge in [0.15, 0.2) is 11.5 Å². The average molecular weight is 698 g/mol. The molecular weight excluding hydrogens is 667 g/mol. The van der Waals surface area contributed by atoms with Crippen molar-refractivity contribution in [1.82, 2.24) is 9.97 Å². The summed E-state index contributed by atoms with van der Waals surface area (Å²) in [6.45, 7) is 8.14. The molecule has 2 aliphatic rings. The Bertz CT molecular complexity index is 3000. The molecule has 0 atom stereocenters. The molecule has 0 amide bonds. The molecule has 1 spiro atoms. The van der Waals surface area contributed by atoms with Gasteiger partial charge in [0.2, 0.25) is 0 Å². The zero-order valence-corrected chi connectivity index (χ0v) is 29.7. The largest absolute Gasteiger partial charge is 0.238 e. The Morgan fingerprint density at radius 3 is 1.69 bits per heavy atom. The summed E-state index contributed by atoms with van der Waals surface area (Å²) in [4.78, 5) is 14.3. The van der Waals surface area contributed by atoms with Gasteiger partial charge in [-0.15, -0.1) is 0 Å². The van der Waals surface area contributed by atoms with Gasteiger partial charge in [0.05, 0.1) is 23.4 Å². The van der Waals surface area contributed by atoms with Crippen LogP contribution in [-0.4, -0.2) is 9.97 Å². The summed E-state index contributed by atoms with van der Waals surface area (Å²) in [5.41, 5.74) is 16.9. The Hall–Kier alpha value is -7.41. The maximum absolute atomic E-state index is 8.14. The Morgan fingerprint density at radius 1 is 0.382 bits per heavy atom. The number of aromatic nitrogens is 2. The number of nitrogens with zero attached hydrogens (tertiary/aromatic N) is 3. The molecule has 3 heteroatoms. The second kappa shape index (κ2) is 12.1. The Labute approximate surface area is 319 Å². The lowest BCUT2D eigenvalue weighted by molar-refractivity contribution is 0.794. The van der Waals surface area contributed by atoms with Gasteiger partial charge in [-0.2, -0.15) is 0 Å². The Morgan fingerprint density at radius 2 is 0.964 bits per heavy atom. The molecule has 0 N–H and O–H groups in total. The van der Waals surface area contributed by atoms with Crippen LogP contribution >= 0.6 is 0 Å². The van der Waals surface area contributed by atoms with Crippen molar-refractivity contribution in [3.63, 3.8) is 0 Å². The third-order valence-corrected chi connectivity index (χ3v) is 11.5. The van der Waals surface area contributed by atoms with E-state index in [4.69, 9.17) is 16.5 Å². The first-order chi connectivity index (χ1) is 27.2. The van der Waals surface area contributed by atoms with Gasteiger partial charge in [0, 0.05) is 16.7 Å². The molecular formula is C52H31N3. The molecule has 254 valence electrons. The van der Waals surface area contributed by atoms with Gasteiger partial charge < -0.3 is 0 Å². The highest BCUT2D eigenvalue weighted by atomic mass is 14.9. The first-order valence-electron chi connectivity index (χ1n) is 18.6. The van der Waals surface area contributed by atoms with Gasteiger partial charge >= 0.3 is 0 Å². The van der Waals surface area contributed by atoms with Crippen molar-refractivity contribution in [1.29, 1.82) is 0 Å². The molecule has 0 radical (unpaired) electrons. The highest BCUT2D eigenvalue weighted by molar-refractivity contribution is 5.99. The molecule has 0 saturated heterocycles. The van der Waals surface area contributed by atoms with Crippen molar-refractivity contribution in [2.24, 2.45) is 0 Å². The van der Waals surface area contributed by atoms with Gasteiger partial charge in [-0.25, -0.2) is 14.8 Å². The van der Waals surface area contributed by atoms with E-state index in [0.29, 0.717) is 11.5 Å². The molecule has 0 unspecified atom stereocenters. The van der Waals surface area contributed by atoms with E-state index in [1.807, 2.05) is 30.3 Å². The number of benzene rings is 8. The van der Waals surface area contributed by atoms with E-state index in [1.165, 1.54) is 38.8 Å². The van der Waals surface area contributed by atoms with Crippen LogP contribution in [0.15, 0.2) is 188 Å². The van der Waals surface area contributed by atoms with Crippen LogP contribution in [0.1, 0.15) is 22.3 Å². The summed E-state index contributed by atoms with van der Waals surface area (Å²) in [7, 11) is 0. The molecule has 8 aromatic carbocycles. The summed E-state index contributed by atoms with van der Waals surface area (Å²) in [6.07, 6.45) is 0.